The van der Waals surface area contributed by atoms with Crippen molar-refractivity contribution in [3.8, 4) is 0 Å². The minimum Gasteiger partial charge on any atom is -0.467 e. The summed E-state index contributed by atoms with van der Waals surface area (Å²) in [5.41, 5.74) is -0.00601. The largest absolute Gasteiger partial charge is 0.467 e. The van der Waals surface area contributed by atoms with Crippen molar-refractivity contribution in [2.75, 3.05) is 13.7 Å². The van der Waals surface area contributed by atoms with Gasteiger partial charge in [0.25, 0.3) is 0 Å². The van der Waals surface area contributed by atoms with E-state index in [1.54, 1.807) is 6.08 Å². The summed E-state index contributed by atoms with van der Waals surface area (Å²) in [5.74, 6) is -4.41. The average molecular weight is 705 g/mol. The molecule has 4 aliphatic carbocycles. The zero-order valence-electron chi connectivity index (χ0n) is 29.7. The molecule has 0 unspecified atom stereocenters. The third kappa shape index (κ3) is 7.10. The van der Waals surface area contributed by atoms with Gasteiger partial charge in [0.15, 0.2) is 42.3 Å². The van der Waals surface area contributed by atoms with Crippen LogP contribution >= 0.6 is 0 Å². The van der Waals surface area contributed by atoms with Crippen LogP contribution in [0.1, 0.15) is 86.5 Å². The molecule has 50 heavy (non-hydrogen) atoms. The van der Waals surface area contributed by atoms with Crippen LogP contribution in [0.25, 0.3) is 0 Å². The summed E-state index contributed by atoms with van der Waals surface area (Å²) in [6.07, 6.45) is -2.43. The molecule has 1 aliphatic heterocycles. The van der Waals surface area contributed by atoms with Crippen LogP contribution in [0.4, 0.5) is 0 Å². The molecule has 5 aliphatic rings. The fourth-order valence-electron chi connectivity index (χ4n) is 9.94. The van der Waals surface area contributed by atoms with Crippen molar-refractivity contribution in [1.82, 2.24) is 0 Å². The Kier molecular flexibility index (Phi) is 10.9. The molecule has 14 heteroatoms. The topological polar surface area (TPSA) is 184 Å². The first-order chi connectivity index (χ1) is 23.5. The minimum atomic E-state index is -1.62. The number of esters is 5. The van der Waals surface area contributed by atoms with Gasteiger partial charge in [-0.05, 0) is 73.2 Å². The summed E-state index contributed by atoms with van der Waals surface area (Å²) in [4.78, 5) is 88.0. The van der Waals surface area contributed by atoms with Crippen LogP contribution in [0.2, 0.25) is 0 Å². The molecule has 0 bridgehead atoms. The Labute approximate surface area is 291 Å². The average Bonchev–Trinajstić information content (AvgIpc) is 3.38. The van der Waals surface area contributed by atoms with Crippen molar-refractivity contribution >= 4 is 41.4 Å². The first kappa shape index (κ1) is 37.6. The van der Waals surface area contributed by atoms with E-state index in [9.17, 15) is 33.6 Å². The van der Waals surface area contributed by atoms with Crippen LogP contribution in [0.15, 0.2) is 11.6 Å². The van der Waals surface area contributed by atoms with Crippen molar-refractivity contribution in [2.24, 2.45) is 34.5 Å². The van der Waals surface area contributed by atoms with Crippen molar-refractivity contribution in [3.05, 3.63) is 11.6 Å². The van der Waals surface area contributed by atoms with Gasteiger partial charge in [0, 0.05) is 40.0 Å². The molecule has 14 nitrogen and oxygen atoms in total. The van der Waals surface area contributed by atoms with Crippen LogP contribution < -0.4 is 0 Å². The maximum Gasteiger partial charge on any atom is 0.339 e. The highest BCUT2D eigenvalue weighted by Gasteiger charge is 2.65. The van der Waals surface area contributed by atoms with E-state index in [1.165, 1.54) is 6.92 Å². The predicted molar refractivity (Wildman–Crippen MR) is 169 cm³/mol. The standard InChI is InChI=1S/C36H48O14/c1-17(37)45-16-26(42)25-11-10-24-23-9-8-21-14-22(41)12-13-35(21,5)28(23)27(15-36(24,25)6)49-34-32(48-20(4)40)30(47-19(3)39)29(46-18(2)38)31(50-34)33(43)44-7/h14,23-25,27-32,34H,8-13,15-16H2,1-7H3/t23-,24-,25+,27+,28+,29+,30+,31+,32-,34-,35+,36-/m1/s1. The van der Waals surface area contributed by atoms with E-state index < -0.39 is 83.4 Å². The van der Waals surface area contributed by atoms with E-state index in [2.05, 4.69) is 13.8 Å². The van der Waals surface area contributed by atoms with Crippen LogP contribution in [0.5, 0.6) is 0 Å². The van der Waals surface area contributed by atoms with Crippen molar-refractivity contribution in [2.45, 2.75) is 123 Å². The number of carbonyl (C=O) groups excluding carboxylic acids is 7. The summed E-state index contributed by atoms with van der Waals surface area (Å²) in [6.45, 7) is 8.49. The van der Waals surface area contributed by atoms with E-state index in [1.807, 2.05) is 0 Å². The lowest BCUT2D eigenvalue weighted by atomic mass is 9.45. The quantitative estimate of drug-likeness (QED) is 0.252. The number of fused-ring (bicyclic) bond motifs is 5. The molecule has 1 saturated heterocycles. The number of ketones is 2. The van der Waals surface area contributed by atoms with Crippen molar-refractivity contribution in [3.63, 3.8) is 0 Å². The number of allylic oxidation sites excluding steroid dienone is 1. The van der Waals surface area contributed by atoms with E-state index in [-0.39, 0.29) is 35.9 Å². The van der Waals surface area contributed by atoms with Crippen LogP contribution in [-0.2, 0) is 66.7 Å². The molecule has 0 N–H and O–H groups in total. The third-order valence-corrected chi connectivity index (χ3v) is 11.8. The van der Waals surface area contributed by atoms with Crippen molar-refractivity contribution in [1.29, 1.82) is 0 Å². The Balaban J connectivity index is 1.59. The van der Waals surface area contributed by atoms with Gasteiger partial charge in [0.05, 0.1) is 13.2 Å². The lowest BCUT2D eigenvalue weighted by molar-refractivity contribution is -0.324. The molecular formula is C36H48O14. The molecule has 0 aromatic heterocycles. The molecule has 3 saturated carbocycles. The van der Waals surface area contributed by atoms with Gasteiger partial charge in [-0.25, -0.2) is 4.79 Å². The molecule has 0 aromatic carbocycles. The monoisotopic (exact) mass is 704 g/mol. The maximum absolute atomic E-state index is 13.6. The summed E-state index contributed by atoms with van der Waals surface area (Å²) in [5, 5.41) is 0. The molecule has 4 fully saturated rings. The smallest absolute Gasteiger partial charge is 0.339 e. The zero-order chi connectivity index (χ0) is 36.7. The molecule has 0 aromatic rings. The number of hydrogen-bond donors (Lipinski definition) is 0. The van der Waals surface area contributed by atoms with Crippen LogP contribution in [0.3, 0.4) is 0 Å². The van der Waals surface area contributed by atoms with Gasteiger partial charge in [-0.2, -0.15) is 0 Å². The SMILES string of the molecule is COC(=O)[C@H]1O[C@@H](O[C@H]2C[C@]3(C)[C@H](CC[C@H]3C(=O)COC(C)=O)[C@H]3CCC4=CC(=O)CC[C@]4(C)[C@@H]32)[C@H](OC(C)=O)[C@@H](OC(C)=O)[C@@H]1OC(C)=O. The van der Waals surface area contributed by atoms with E-state index in [0.29, 0.717) is 32.1 Å². The fourth-order valence-corrected chi connectivity index (χ4v) is 9.94. The number of rotatable bonds is 9. The van der Waals surface area contributed by atoms with E-state index >= 15 is 0 Å². The zero-order valence-corrected chi connectivity index (χ0v) is 29.7. The number of ether oxygens (including phenoxy) is 7. The number of Topliss-reactive ketones (excluding diaryl/α,β-unsaturated/α-hetero) is 1. The molecule has 12 atom stereocenters. The van der Waals surface area contributed by atoms with Crippen LogP contribution in [0, 0.1) is 34.5 Å². The minimum absolute atomic E-state index is 0.0610. The Morgan fingerprint density at radius 1 is 0.840 bits per heavy atom. The number of carbonyl (C=O) groups is 7. The summed E-state index contributed by atoms with van der Waals surface area (Å²) in [6, 6.07) is 0. The number of methoxy groups -OCH3 is 1. The molecule has 0 amide bonds. The fraction of sp³-hybridized carbons (Fsp3) is 0.750. The predicted octanol–water partition coefficient (Wildman–Crippen LogP) is 2.95. The highest BCUT2D eigenvalue weighted by molar-refractivity contribution is 5.91. The third-order valence-electron chi connectivity index (χ3n) is 11.8. The highest BCUT2D eigenvalue weighted by atomic mass is 16.7. The molecule has 0 spiro atoms. The van der Waals surface area contributed by atoms with E-state index in [4.69, 9.17) is 33.2 Å². The Bertz CT molecular complexity index is 1450. The molecule has 276 valence electrons. The Morgan fingerprint density at radius 2 is 1.48 bits per heavy atom. The lowest BCUT2D eigenvalue weighted by Crippen LogP contribution is -2.65. The van der Waals surface area contributed by atoms with Gasteiger partial charge >= 0.3 is 29.8 Å². The van der Waals surface area contributed by atoms with Gasteiger partial charge in [-0.3, -0.25) is 28.8 Å². The highest BCUT2D eigenvalue weighted by Crippen LogP contribution is 2.67. The van der Waals surface area contributed by atoms with Gasteiger partial charge in [-0.1, -0.05) is 19.4 Å². The first-order valence-electron chi connectivity index (χ1n) is 17.3. The first-order valence-corrected chi connectivity index (χ1v) is 17.3. The second-order valence-electron chi connectivity index (χ2n) is 14.8. The summed E-state index contributed by atoms with van der Waals surface area (Å²) < 4.78 is 39.9. The number of hydrogen-bond acceptors (Lipinski definition) is 14. The Morgan fingerprint density at radius 3 is 2.10 bits per heavy atom. The van der Waals surface area contributed by atoms with Gasteiger partial charge in [-0.15, -0.1) is 0 Å². The molecule has 0 radical (unpaired) electrons. The lowest BCUT2D eigenvalue weighted by Gasteiger charge is -2.61. The molecule has 5 rings (SSSR count). The molecule has 1 heterocycles. The second-order valence-corrected chi connectivity index (χ2v) is 14.8. The Hall–Kier alpha value is -3.65. The normalized spacial score (nSPS) is 39.0. The second kappa shape index (κ2) is 14.5. The van der Waals surface area contributed by atoms with Gasteiger partial charge < -0.3 is 33.2 Å². The van der Waals surface area contributed by atoms with Gasteiger partial charge in [0.1, 0.15) is 6.61 Å². The van der Waals surface area contributed by atoms with Gasteiger partial charge in [0.2, 0.25) is 0 Å². The summed E-state index contributed by atoms with van der Waals surface area (Å²) >= 11 is 0. The van der Waals surface area contributed by atoms with Crippen molar-refractivity contribution < 1.29 is 66.7 Å². The van der Waals surface area contributed by atoms with Crippen LogP contribution in [-0.4, -0.2) is 91.9 Å². The summed E-state index contributed by atoms with van der Waals surface area (Å²) in [7, 11) is 1.12. The van der Waals surface area contributed by atoms with E-state index in [0.717, 1.165) is 46.3 Å². The molecular weight excluding hydrogens is 656 g/mol. The maximum atomic E-state index is 13.6.